The number of amides is 3. The van der Waals surface area contributed by atoms with Crippen LogP contribution in [0.5, 0.6) is 0 Å². The summed E-state index contributed by atoms with van der Waals surface area (Å²) in [6, 6.07) is 17.1. The van der Waals surface area contributed by atoms with Crippen molar-refractivity contribution in [2.24, 2.45) is 0 Å². The van der Waals surface area contributed by atoms with Gasteiger partial charge in [-0.3, -0.25) is 14.4 Å². The van der Waals surface area contributed by atoms with Gasteiger partial charge in [0.2, 0.25) is 17.8 Å². The largest absolute Gasteiger partial charge is 0.480 e. The summed E-state index contributed by atoms with van der Waals surface area (Å²) in [4.78, 5) is 119. The van der Waals surface area contributed by atoms with E-state index in [0.29, 0.717) is 82.4 Å². The fraction of sp³-hybridized carbons (Fsp3) is 0.568. The molecule has 0 radical (unpaired) electrons. The van der Waals surface area contributed by atoms with Gasteiger partial charge in [0.25, 0.3) is 0 Å². The molecule has 2 aromatic carbocycles. The first-order valence-corrected chi connectivity index (χ1v) is 39.3. The van der Waals surface area contributed by atoms with E-state index in [2.05, 4.69) is 120 Å². The van der Waals surface area contributed by atoms with Crippen molar-refractivity contribution >= 4 is 105 Å². The van der Waals surface area contributed by atoms with E-state index in [1.807, 2.05) is 41.5 Å². The molecule has 0 aliphatic heterocycles. The lowest BCUT2D eigenvalue weighted by Gasteiger charge is -2.27. The smallest absolute Gasteiger partial charge is 0.417 e. The van der Waals surface area contributed by atoms with Crippen LogP contribution in [-0.2, 0) is 61.3 Å². The molecular weight excluding hydrogens is 1420 g/mol. The molecule has 30 heteroatoms. The molecule has 111 heavy (non-hydrogen) atoms. The van der Waals surface area contributed by atoms with Crippen molar-refractivity contribution in [2.75, 3.05) is 50.3 Å². The fourth-order valence-electron chi connectivity index (χ4n) is 13.7. The Morgan fingerprint density at radius 1 is 0.468 bits per heavy atom. The van der Waals surface area contributed by atoms with Crippen molar-refractivity contribution < 1.29 is 58.3 Å². The van der Waals surface area contributed by atoms with Crippen LogP contribution in [0.25, 0.3) is 33.5 Å². The summed E-state index contributed by atoms with van der Waals surface area (Å²) < 4.78 is 21.4. The molecule has 3 amide bonds. The lowest BCUT2D eigenvalue weighted by atomic mass is 9.84. The van der Waals surface area contributed by atoms with Gasteiger partial charge in [0, 0.05) is 25.7 Å². The van der Waals surface area contributed by atoms with Gasteiger partial charge in [0.15, 0.2) is 50.9 Å². The average molecular weight is 1530 g/mol. The highest BCUT2D eigenvalue weighted by molar-refractivity contribution is 5.93. The second kappa shape index (κ2) is 39.4. The maximum absolute atomic E-state index is 13.6. The van der Waals surface area contributed by atoms with Crippen molar-refractivity contribution in [2.45, 2.75) is 278 Å². The summed E-state index contributed by atoms with van der Waals surface area (Å²) in [6.07, 6.45) is 28.1. The number of rotatable bonds is 30. The molecule has 0 atom stereocenters. The number of nitrogens with one attached hydrogen (secondary N) is 3. The maximum atomic E-state index is 13.6. The van der Waals surface area contributed by atoms with E-state index in [4.69, 9.17) is 24.2 Å². The molecule has 3 saturated carbocycles. The van der Waals surface area contributed by atoms with Gasteiger partial charge in [-0.1, -0.05) is 152 Å². The Balaban J connectivity index is 0.000000194. The van der Waals surface area contributed by atoms with Gasteiger partial charge in [-0.05, 0) is 148 Å². The topological polar surface area (TPSA) is 367 Å². The standard InChI is InChI=1S/C31H44N6O4.C30H40N6O4.C20H30N6O4/c1-5-6-7-11-18-32-27-26-28(36(21-33-26)20-25(38)39)35-29(34-27)37(30(40)41-31(2,3)4)19-22-14-16-24(17-15-22)23-12-9-8-10-13-23;1-30(2,3)40-29(39)36(17-20-13-15-22(16-14-20)21-9-5-4-6-10-21)28-33-26(32-23-11-7-8-12-23)25-27(34-28)35(19-31-25)18-24(37)38;1-6-8-9-11-26(19(29)30-20(3,4)5)18-23-16(21-10-7-2)15-17(24-18)25(13-22-15)12-14(27)28/h14-17,21,23H,5-13,18-20H2,1-4H3,(H,38,39)(H,32,34,35);13-16,19,21,23H,4-12,17-18H2,1-3H3,(H,37,38)(H,32,33,34);7,13H,2,6,8-12H2,1,3-5H3,(H,27,28)(H,21,23,24). The molecule has 0 bridgehead atoms. The summed E-state index contributed by atoms with van der Waals surface area (Å²) in [5, 5.41) is 38.0. The first-order chi connectivity index (χ1) is 53.0. The predicted molar refractivity (Wildman–Crippen MR) is 429 cm³/mol. The summed E-state index contributed by atoms with van der Waals surface area (Å²) in [6.45, 7) is 25.2. The molecule has 0 spiro atoms. The third kappa shape index (κ3) is 25.0. The number of aromatic nitrogens is 12. The molecule has 0 saturated heterocycles. The number of carbonyl (C=O) groups excluding carboxylic acids is 3. The van der Waals surface area contributed by atoms with E-state index in [1.54, 1.807) is 26.8 Å². The normalized spacial score (nSPS) is 14.4. The number of carboxylic acid groups (broad SMARTS) is 3. The summed E-state index contributed by atoms with van der Waals surface area (Å²) >= 11 is 0. The Morgan fingerprint density at radius 2 is 0.829 bits per heavy atom. The molecule has 3 aliphatic carbocycles. The van der Waals surface area contributed by atoms with Crippen LogP contribution in [0.3, 0.4) is 0 Å². The molecule has 6 aromatic heterocycles. The van der Waals surface area contributed by atoms with E-state index in [1.165, 1.54) is 123 Å². The van der Waals surface area contributed by atoms with Crippen molar-refractivity contribution in [3.8, 4) is 0 Å². The minimum absolute atomic E-state index is 0.131. The molecule has 6 N–H and O–H groups in total. The molecule has 3 aliphatic rings. The molecule has 11 rings (SSSR count). The molecule has 600 valence electrons. The molecular formula is C81H114N18O12. The number of benzene rings is 2. The number of anilines is 6. The van der Waals surface area contributed by atoms with E-state index >= 15 is 0 Å². The molecule has 8 aromatic rings. The number of unbranched alkanes of at least 4 members (excludes halogenated alkanes) is 5. The summed E-state index contributed by atoms with van der Waals surface area (Å²) in [7, 11) is 0. The van der Waals surface area contributed by atoms with E-state index in [0.717, 1.165) is 81.8 Å². The number of carbonyl (C=O) groups is 6. The SMILES string of the molecule is C=CCNc1nc(N(CCCCC)C(=O)OC(C)(C)C)nc2c1ncn2CC(=O)O.CC(C)(C)OC(=O)N(Cc1ccc(C2CCCCC2)cc1)c1nc(NC2CCCC2)c2ncn(CC(=O)O)c2n1.CCCCCCNc1nc(N(Cc2ccc(C3CCCCC3)cc2)C(=O)OC(C)(C)C)nc2c1ncn2CC(=O)O. The van der Waals surface area contributed by atoms with Crippen LogP contribution in [0.2, 0.25) is 0 Å². The number of aliphatic carboxylic acids is 3. The van der Waals surface area contributed by atoms with E-state index in [-0.39, 0.29) is 56.6 Å². The molecule has 6 heterocycles. The number of nitrogens with zero attached hydrogens (tertiary/aromatic N) is 15. The number of imidazole rings is 3. The Morgan fingerprint density at radius 3 is 1.22 bits per heavy atom. The highest BCUT2D eigenvalue weighted by Crippen LogP contribution is 2.36. The second-order valence-corrected chi connectivity index (χ2v) is 31.8. The molecule has 30 nitrogen and oxygen atoms in total. The summed E-state index contributed by atoms with van der Waals surface area (Å²) in [5.74, 6) is -0.106. The van der Waals surface area contributed by atoms with E-state index < -0.39 is 53.0 Å². The van der Waals surface area contributed by atoms with Gasteiger partial charge in [0.05, 0.1) is 32.1 Å². The number of ether oxygens (including phenoxy) is 3. The third-order valence-electron chi connectivity index (χ3n) is 19.1. The number of hydrogen-bond donors (Lipinski definition) is 6. The van der Waals surface area contributed by atoms with Gasteiger partial charge in [-0.25, -0.2) is 44.0 Å². The van der Waals surface area contributed by atoms with Crippen LogP contribution in [0.15, 0.2) is 80.2 Å². The van der Waals surface area contributed by atoms with Crippen molar-refractivity contribution in [1.82, 2.24) is 58.6 Å². The van der Waals surface area contributed by atoms with Crippen LogP contribution < -0.4 is 30.7 Å². The van der Waals surface area contributed by atoms with Crippen molar-refractivity contribution in [3.63, 3.8) is 0 Å². The molecule has 3 fully saturated rings. The van der Waals surface area contributed by atoms with Crippen LogP contribution >= 0.6 is 0 Å². The second-order valence-electron chi connectivity index (χ2n) is 31.8. The minimum Gasteiger partial charge on any atom is -0.480 e. The minimum atomic E-state index is -1.03. The van der Waals surface area contributed by atoms with Crippen molar-refractivity contribution in [1.29, 1.82) is 0 Å². The lowest BCUT2D eigenvalue weighted by Crippen LogP contribution is -2.38. The van der Waals surface area contributed by atoms with Crippen LogP contribution in [0.1, 0.15) is 245 Å². The highest BCUT2D eigenvalue weighted by atomic mass is 16.6. The zero-order valence-corrected chi connectivity index (χ0v) is 66.6. The van der Waals surface area contributed by atoms with Crippen molar-refractivity contribution in [3.05, 3.63) is 102 Å². The van der Waals surface area contributed by atoms with Gasteiger partial charge < -0.3 is 59.2 Å². The Hall–Kier alpha value is -10.6. The van der Waals surface area contributed by atoms with Crippen LogP contribution in [0.4, 0.5) is 49.7 Å². The summed E-state index contributed by atoms with van der Waals surface area (Å²) in [5.41, 5.74) is 4.78. The highest BCUT2D eigenvalue weighted by Gasteiger charge is 2.33. The zero-order chi connectivity index (χ0) is 80.0. The monoisotopic (exact) mass is 1530 g/mol. The van der Waals surface area contributed by atoms with Crippen LogP contribution in [-0.4, -0.2) is 153 Å². The van der Waals surface area contributed by atoms with Gasteiger partial charge in [-0.15, -0.1) is 6.58 Å². The van der Waals surface area contributed by atoms with Gasteiger partial charge in [0.1, 0.15) is 36.4 Å². The maximum Gasteiger partial charge on any atom is 0.417 e. The number of fused-ring (bicyclic) bond motifs is 3. The third-order valence-corrected chi connectivity index (χ3v) is 19.1. The fourth-order valence-corrected chi connectivity index (χ4v) is 13.7. The Labute approximate surface area is 650 Å². The average Bonchev–Trinajstić information content (AvgIpc) is 1.69. The number of hydrogen-bond acceptors (Lipinski definition) is 21. The van der Waals surface area contributed by atoms with Crippen LogP contribution in [0, 0.1) is 0 Å². The van der Waals surface area contributed by atoms with Gasteiger partial charge in [-0.2, -0.15) is 29.9 Å². The molecule has 0 unspecified atom stereocenters. The Kier molecular flexibility index (Phi) is 30.0. The zero-order valence-electron chi connectivity index (χ0n) is 66.6. The first kappa shape index (κ1) is 84.5. The quantitative estimate of drug-likeness (QED) is 0.0138. The first-order valence-electron chi connectivity index (χ1n) is 39.3. The van der Waals surface area contributed by atoms with Gasteiger partial charge >= 0.3 is 36.2 Å². The Bertz CT molecular complexity index is 4420. The number of carboxylic acids is 3. The van der Waals surface area contributed by atoms with E-state index in [9.17, 15) is 44.1 Å². The lowest BCUT2D eigenvalue weighted by molar-refractivity contribution is -0.138. The predicted octanol–water partition coefficient (Wildman–Crippen LogP) is 16.6.